The smallest absolute Gasteiger partial charge is 0.119 e. The van der Waals surface area contributed by atoms with Crippen molar-refractivity contribution in [1.29, 1.82) is 0 Å². The van der Waals surface area contributed by atoms with E-state index in [-0.39, 0.29) is 18.1 Å². The highest BCUT2D eigenvalue weighted by Gasteiger charge is 2.15. The average molecular weight is 478 g/mol. The maximum Gasteiger partial charge on any atom is 0.119 e. The fourth-order valence-corrected chi connectivity index (χ4v) is 5.15. The molecule has 5 nitrogen and oxygen atoms in total. The summed E-state index contributed by atoms with van der Waals surface area (Å²) in [5.74, 6) is 1.22. The molecule has 4 aromatic rings. The van der Waals surface area contributed by atoms with Gasteiger partial charge in [0.1, 0.15) is 30.0 Å². The van der Waals surface area contributed by atoms with Gasteiger partial charge in [-0.25, -0.2) is 0 Å². The third kappa shape index (κ3) is 6.08. The molecule has 6 heteroatoms. The molecule has 34 heavy (non-hydrogen) atoms. The van der Waals surface area contributed by atoms with E-state index in [4.69, 9.17) is 4.74 Å². The molecule has 0 amide bonds. The van der Waals surface area contributed by atoms with Gasteiger partial charge in [-0.15, -0.1) is 11.3 Å². The minimum Gasteiger partial charge on any atom is -0.508 e. The largest absolute Gasteiger partial charge is 0.508 e. The summed E-state index contributed by atoms with van der Waals surface area (Å²) in [5.41, 5.74) is 3.37. The highest BCUT2D eigenvalue weighted by Crippen LogP contribution is 2.41. The van der Waals surface area contributed by atoms with Gasteiger partial charge in [0.2, 0.25) is 0 Å². The molecule has 0 saturated heterocycles. The van der Waals surface area contributed by atoms with Crippen molar-refractivity contribution < 1.29 is 20.1 Å². The molecule has 1 atom stereocenters. The van der Waals surface area contributed by atoms with E-state index in [1.165, 1.54) is 5.56 Å². The van der Waals surface area contributed by atoms with E-state index in [0.717, 1.165) is 57.6 Å². The Kier molecular flexibility index (Phi) is 8.06. The maximum absolute atomic E-state index is 10.1. The molecule has 0 aliphatic carbocycles. The van der Waals surface area contributed by atoms with Gasteiger partial charge in [-0.05, 0) is 96.1 Å². The van der Waals surface area contributed by atoms with Crippen molar-refractivity contribution in [3.63, 3.8) is 0 Å². The second kappa shape index (κ2) is 11.4. The Bertz CT molecular complexity index is 1200. The Hall–Kier alpha value is -3.06. The summed E-state index contributed by atoms with van der Waals surface area (Å²) in [7, 11) is 0. The maximum atomic E-state index is 10.1. The summed E-state index contributed by atoms with van der Waals surface area (Å²) < 4.78 is 6.79. The first kappa shape index (κ1) is 24.1. The Labute approximate surface area is 204 Å². The number of aliphatic hydroxyl groups excluding tert-OH is 1. The number of phenolic OH excluding ortho intramolecular Hbond substituents is 2. The third-order valence-corrected chi connectivity index (χ3v) is 6.98. The van der Waals surface area contributed by atoms with Gasteiger partial charge in [0, 0.05) is 16.1 Å². The Morgan fingerprint density at radius 3 is 2.41 bits per heavy atom. The second-order valence-electron chi connectivity index (χ2n) is 8.48. The number of aliphatic hydroxyl groups is 1. The summed E-state index contributed by atoms with van der Waals surface area (Å²) in [6, 6.07) is 20.7. The minimum atomic E-state index is -0.544. The zero-order valence-corrected chi connectivity index (χ0v) is 20.1. The highest BCUT2D eigenvalue weighted by molar-refractivity contribution is 7.22. The van der Waals surface area contributed by atoms with Crippen molar-refractivity contribution in [2.24, 2.45) is 0 Å². The first-order valence-corrected chi connectivity index (χ1v) is 12.5. The lowest BCUT2D eigenvalue weighted by Gasteiger charge is -2.13. The fourth-order valence-electron chi connectivity index (χ4n) is 3.89. The normalized spacial score (nSPS) is 12.2. The molecule has 0 aliphatic rings. The van der Waals surface area contributed by atoms with Crippen LogP contribution >= 0.6 is 11.3 Å². The van der Waals surface area contributed by atoms with E-state index in [2.05, 4.69) is 12.2 Å². The van der Waals surface area contributed by atoms with Gasteiger partial charge in [-0.3, -0.25) is 0 Å². The van der Waals surface area contributed by atoms with E-state index >= 15 is 0 Å². The van der Waals surface area contributed by atoms with E-state index in [1.54, 1.807) is 35.6 Å². The van der Waals surface area contributed by atoms with Crippen LogP contribution in [-0.2, 0) is 6.42 Å². The second-order valence-corrected chi connectivity index (χ2v) is 9.53. The van der Waals surface area contributed by atoms with E-state index in [9.17, 15) is 15.3 Å². The van der Waals surface area contributed by atoms with Gasteiger partial charge in [-0.2, -0.15) is 0 Å². The zero-order valence-electron chi connectivity index (χ0n) is 19.3. The number of hydrogen-bond acceptors (Lipinski definition) is 6. The lowest BCUT2D eigenvalue weighted by atomic mass is 9.99. The summed E-state index contributed by atoms with van der Waals surface area (Å²) >= 11 is 1.64. The Morgan fingerprint density at radius 1 is 0.941 bits per heavy atom. The molecule has 4 rings (SSSR count). The van der Waals surface area contributed by atoms with Crippen molar-refractivity contribution in [1.82, 2.24) is 5.32 Å². The zero-order chi connectivity index (χ0) is 23.9. The summed E-state index contributed by atoms with van der Waals surface area (Å²) in [4.78, 5) is 1.12. The van der Waals surface area contributed by atoms with Gasteiger partial charge in [0.25, 0.3) is 0 Å². The summed E-state index contributed by atoms with van der Waals surface area (Å²) in [6.45, 7) is 3.83. The van der Waals surface area contributed by atoms with Crippen LogP contribution in [0.15, 0.2) is 66.7 Å². The monoisotopic (exact) mass is 477 g/mol. The molecule has 0 saturated carbocycles. The molecule has 4 N–H and O–H groups in total. The number of aromatic hydroxyl groups is 2. The molecule has 3 aromatic carbocycles. The molecule has 0 bridgehead atoms. The molecule has 1 unspecified atom stereocenters. The first-order valence-electron chi connectivity index (χ1n) is 11.7. The van der Waals surface area contributed by atoms with Crippen LogP contribution in [0.1, 0.15) is 30.9 Å². The van der Waals surface area contributed by atoms with Gasteiger partial charge in [0.05, 0.1) is 0 Å². The van der Waals surface area contributed by atoms with Crippen LogP contribution in [-0.4, -0.2) is 41.1 Å². The van der Waals surface area contributed by atoms with Gasteiger partial charge < -0.3 is 25.4 Å². The topological polar surface area (TPSA) is 82.0 Å². The van der Waals surface area contributed by atoms with Crippen LogP contribution in [0.4, 0.5) is 0 Å². The van der Waals surface area contributed by atoms with Crippen LogP contribution < -0.4 is 10.1 Å². The quantitative estimate of drug-likeness (QED) is 0.208. The standard InChI is InChI=1S/C28H31NO4S/c1-2-3-14-29-17-23(32)18-33-24-11-4-19(5-12-24)15-26-25-13-10-22(31)16-27(25)34-28(26)20-6-8-21(30)9-7-20/h4-13,16,23,29-32H,2-3,14-15,17-18H2,1H3. The van der Waals surface area contributed by atoms with Crippen LogP contribution in [0.3, 0.4) is 0 Å². The van der Waals surface area contributed by atoms with Crippen molar-refractivity contribution in [3.05, 3.63) is 77.9 Å². The Balaban J connectivity index is 1.48. The molecule has 178 valence electrons. The molecule has 0 spiro atoms. The summed E-state index contributed by atoms with van der Waals surface area (Å²) in [6.07, 6.45) is 2.42. The number of hydrogen-bond donors (Lipinski definition) is 4. The highest BCUT2D eigenvalue weighted by atomic mass is 32.1. The first-order chi connectivity index (χ1) is 16.5. The van der Waals surface area contributed by atoms with Crippen LogP contribution in [0.2, 0.25) is 0 Å². The number of rotatable bonds is 11. The molecule has 1 heterocycles. The molecular formula is C28H31NO4S. The number of thiophene rings is 1. The number of benzene rings is 3. The lowest BCUT2D eigenvalue weighted by molar-refractivity contribution is 0.106. The lowest BCUT2D eigenvalue weighted by Crippen LogP contribution is -2.31. The SMILES string of the molecule is CCCCNCC(O)COc1ccc(Cc2c(-c3ccc(O)cc3)sc3cc(O)ccc23)cc1. The Morgan fingerprint density at radius 2 is 1.68 bits per heavy atom. The van der Waals surface area contributed by atoms with Gasteiger partial charge in [-0.1, -0.05) is 25.5 Å². The van der Waals surface area contributed by atoms with E-state index in [0.29, 0.717) is 6.54 Å². The van der Waals surface area contributed by atoms with Crippen molar-refractivity contribution >= 4 is 21.4 Å². The third-order valence-electron chi connectivity index (χ3n) is 5.74. The fraction of sp³-hybridized carbons (Fsp3) is 0.286. The predicted molar refractivity (Wildman–Crippen MR) is 139 cm³/mol. The predicted octanol–water partition coefficient (Wildman–Crippen LogP) is 5.70. The van der Waals surface area contributed by atoms with Crippen molar-refractivity contribution in [3.8, 4) is 27.7 Å². The minimum absolute atomic E-state index is 0.238. The number of ether oxygens (including phenoxy) is 1. The average Bonchev–Trinajstić information content (AvgIpc) is 3.19. The number of fused-ring (bicyclic) bond motifs is 1. The van der Waals surface area contributed by atoms with Crippen LogP contribution in [0.5, 0.6) is 17.2 Å². The molecule has 0 aliphatic heterocycles. The van der Waals surface area contributed by atoms with E-state index in [1.807, 2.05) is 42.5 Å². The number of unbranched alkanes of at least 4 members (excludes halogenated alkanes) is 1. The van der Waals surface area contributed by atoms with E-state index < -0.39 is 6.10 Å². The van der Waals surface area contributed by atoms with Crippen molar-refractivity contribution in [2.75, 3.05) is 19.7 Å². The summed E-state index contributed by atoms with van der Waals surface area (Å²) in [5, 5.41) is 34.1. The molecule has 0 fully saturated rings. The van der Waals surface area contributed by atoms with Crippen molar-refractivity contribution in [2.45, 2.75) is 32.3 Å². The van der Waals surface area contributed by atoms with Crippen LogP contribution in [0, 0.1) is 0 Å². The number of nitrogens with one attached hydrogen (secondary N) is 1. The van der Waals surface area contributed by atoms with Crippen LogP contribution in [0.25, 0.3) is 20.5 Å². The van der Waals surface area contributed by atoms with Gasteiger partial charge >= 0.3 is 0 Å². The van der Waals surface area contributed by atoms with Gasteiger partial charge in [0.15, 0.2) is 0 Å². The molecular weight excluding hydrogens is 446 g/mol. The number of phenols is 2. The molecule has 1 aromatic heterocycles. The molecule has 0 radical (unpaired) electrons.